The van der Waals surface area contributed by atoms with Gasteiger partial charge in [-0.1, -0.05) is 26.2 Å². The Bertz CT molecular complexity index is 395. The fourth-order valence-corrected chi connectivity index (χ4v) is 3.33. The van der Waals surface area contributed by atoms with Crippen LogP contribution in [0.4, 0.5) is 0 Å². The van der Waals surface area contributed by atoms with Crippen LogP contribution in [-0.4, -0.2) is 38.4 Å². The van der Waals surface area contributed by atoms with Crippen LogP contribution >= 0.6 is 0 Å². The summed E-state index contributed by atoms with van der Waals surface area (Å²) in [5.41, 5.74) is 5.75. The number of nitrogens with two attached hydrogens (primary N) is 1. The van der Waals surface area contributed by atoms with Crippen LogP contribution in [0.15, 0.2) is 0 Å². The van der Waals surface area contributed by atoms with Gasteiger partial charge in [0.05, 0.1) is 11.8 Å². The van der Waals surface area contributed by atoms with Crippen molar-refractivity contribution in [3.05, 3.63) is 0 Å². The van der Waals surface area contributed by atoms with E-state index in [1.54, 1.807) is 0 Å². The van der Waals surface area contributed by atoms with E-state index < -0.39 is 15.9 Å². The third-order valence-electron chi connectivity index (χ3n) is 3.90. The minimum atomic E-state index is -3.06. The zero-order valence-corrected chi connectivity index (χ0v) is 12.7. The summed E-state index contributed by atoms with van der Waals surface area (Å²) < 4.78 is 22.1. The highest BCUT2D eigenvalue weighted by molar-refractivity contribution is 7.90. The molecule has 1 fully saturated rings. The summed E-state index contributed by atoms with van der Waals surface area (Å²) in [7, 11) is -3.06. The van der Waals surface area contributed by atoms with Crippen LogP contribution in [0.1, 0.15) is 45.4 Å². The third-order valence-corrected chi connectivity index (χ3v) is 4.87. The summed E-state index contributed by atoms with van der Waals surface area (Å²) in [4.78, 5) is 12.0. The molecule has 3 unspecified atom stereocenters. The second-order valence-corrected chi connectivity index (χ2v) is 7.85. The summed E-state index contributed by atoms with van der Waals surface area (Å²) >= 11 is 0. The van der Waals surface area contributed by atoms with Crippen molar-refractivity contribution in [2.24, 2.45) is 11.7 Å². The van der Waals surface area contributed by atoms with Gasteiger partial charge in [0.1, 0.15) is 9.84 Å². The fourth-order valence-electron chi connectivity index (χ4n) is 2.65. The Morgan fingerprint density at radius 2 is 2.00 bits per heavy atom. The maximum absolute atomic E-state index is 12.0. The summed E-state index contributed by atoms with van der Waals surface area (Å²) in [6.45, 7) is 2.14. The molecule has 0 spiro atoms. The first-order valence-electron chi connectivity index (χ1n) is 7.07. The number of hydrogen-bond acceptors (Lipinski definition) is 4. The first-order valence-corrected chi connectivity index (χ1v) is 9.13. The Kier molecular flexibility index (Phi) is 6.26. The molecule has 1 saturated carbocycles. The standard InChI is InChI=1S/C13H26N2O3S/c1-3-10-6-4-5-7-12(10)15-13(16)11(14)8-9-19(2,17)18/h10-12H,3-9,14H2,1-2H3,(H,15,16). The summed E-state index contributed by atoms with van der Waals surface area (Å²) in [5, 5.41) is 3.00. The number of amides is 1. The van der Waals surface area contributed by atoms with Crippen molar-refractivity contribution in [3.63, 3.8) is 0 Å². The molecule has 0 heterocycles. The molecule has 0 aromatic rings. The first-order chi connectivity index (χ1) is 8.83. The van der Waals surface area contributed by atoms with Gasteiger partial charge in [-0.15, -0.1) is 0 Å². The molecule has 0 aliphatic heterocycles. The molecule has 3 atom stereocenters. The molecule has 5 nitrogen and oxygen atoms in total. The molecule has 1 amide bonds. The second kappa shape index (κ2) is 7.24. The van der Waals surface area contributed by atoms with Gasteiger partial charge in [0.25, 0.3) is 0 Å². The van der Waals surface area contributed by atoms with Crippen LogP contribution in [0.25, 0.3) is 0 Å². The first kappa shape index (κ1) is 16.4. The molecule has 1 rings (SSSR count). The number of carbonyl (C=O) groups excluding carboxylic acids is 1. The van der Waals surface area contributed by atoms with Crippen molar-refractivity contribution >= 4 is 15.7 Å². The normalized spacial score (nSPS) is 25.8. The summed E-state index contributed by atoms with van der Waals surface area (Å²) in [5.74, 6) is 0.275. The molecule has 0 bridgehead atoms. The van der Waals surface area contributed by atoms with Gasteiger partial charge >= 0.3 is 0 Å². The largest absolute Gasteiger partial charge is 0.352 e. The van der Waals surface area contributed by atoms with Crippen LogP contribution < -0.4 is 11.1 Å². The smallest absolute Gasteiger partial charge is 0.237 e. The Morgan fingerprint density at radius 1 is 1.37 bits per heavy atom. The molecule has 0 radical (unpaired) electrons. The van der Waals surface area contributed by atoms with Gasteiger partial charge in [-0.2, -0.15) is 0 Å². The van der Waals surface area contributed by atoms with Crippen molar-refractivity contribution < 1.29 is 13.2 Å². The van der Waals surface area contributed by atoms with E-state index in [1.165, 1.54) is 6.42 Å². The summed E-state index contributed by atoms with van der Waals surface area (Å²) in [6, 6.07) is -0.523. The predicted octanol–water partition coefficient (Wildman–Crippen LogP) is 0.833. The van der Waals surface area contributed by atoms with Gasteiger partial charge in [0.15, 0.2) is 0 Å². The van der Waals surface area contributed by atoms with Crippen molar-refractivity contribution in [2.45, 2.75) is 57.5 Å². The van der Waals surface area contributed by atoms with E-state index in [1.807, 2.05) is 0 Å². The van der Waals surface area contributed by atoms with Gasteiger partial charge in [-0.05, 0) is 25.2 Å². The van der Waals surface area contributed by atoms with Gasteiger partial charge in [-0.25, -0.2) is 8.42 Å². The lowest BCUT2D eigenvalue weighted by atomic mass is 9.83. The zero-order valence-electron chi connectivity index (χ0n) is 11.9. The lowest BCUT2D eigenvalue weighted by Crippen LogP contribution is -2.49. The van der Waals surface area contributed by atoms with Crippen molar-refractivity contribution in [3.8, 4) is 0 Å². The molecule has 0 aromatic heterocycles. The summed E-state index contributed by atoms with van der Waals surface area (Å²) in [6.07, 6.45) is 6.93. The van der Waals surface area contributed by atoms with E-state index in [0.717, 1.165) is 31.9 Å². The predicted molar refractivity (Wildman–Crippen MR) is 76.5 cm³/mol. The molecule has 3 N–H and O–H groups in total. The van der Waals surface area contributed by atoms with Crippen molar-refractivity contribution in [1.82, 2.24) is 5.32 Å². The van der Waals surface area contributed by atoms with Crippen molar-refractivity contribution in [1.29, 1.82) is 0 Å². The Labute approximate surface area is 116 Å². The second-order valence-electron chi connectivity index (χ2n) is 5.59. The molecule has 19 heavy (non-hydrogen) atoms. The van der Waals surface area contributed by atoms with Crippen LogP contribution in [0.5, 0.6) is 0 Å². The Balaban J connectivity index is 2.44. The minimum absolute atomic E-state index is 0.0382. The average Bonchev–Trinajstić information content (AvgIpc) is 2.35. The number of carbonyl (C=O) groups is 1. The molecule has 1 aliphatic carbocycles. The van der Waals surface area contributed by atoms with E-state index in [2.05, 4.69) is 12.2 Å². The monoisotopic (exact) mass is 290 g/mol. The topological polar surface area (TPSA) is 89.3 Å². The maximum atomic E-state index is 12.0. The number of sulfone groups is 1. The number of nitrogens with one attached hydrogen (secondary N) is 1. The third kappa shape index (κ3) is 5.91. The fraction of sp³-hybridized carbons (Fsp3) is 0.923. The van der Waals surface area contributed by atoms with E-state index >= 15 is 0 Å². The number of rotatable bonds is 6. The Hall–Kier alpha value is -0.620. The highest BCUT2D eigenvalue weighted by Gasteiger charge is 2.26. The van der Waals surface area contributed by atoms with Crippen LogP contribution in [-0.2, 0) is 14.6 Å². The van der Waals surface area contributed by atoms with Gasteiger partial charge in [0.2, 0.25) is 5.91 Å². The van der Waals surface area contributed by atoms with E-state index in [-0.39, 0.29) is 24.1 Å². The lowest BCUT2D eigenvalue weighted by Gasteiger charge is -2.32. The highest BCUT2D eigenvalue weighted by Crippen LogP contribution is 2.26. The molecule has 112 valence electrons. The quantitative estimate of drug-likeness (QED) is 0.758. The average molecular weight is 290 g/mol. The molecule has 0 aromatic carbocycles. The van der Waals surface area contributed by atoms with E-state index in [9.17, 15) is 13.2 Å². The zero-order chi connectivity index (χ0) is 14.5. The maximum Gasteiger partial charge on any atom is 0.237 e. The SMILES string of the molecule is CCC1CCCCC1NC(=O)C(N)CCS(C)(=O)=O. The Morgan fingerprint density at radius 3 is 2.58 bits per heavy atom. The molecule has 0 saturated heterocycles. The lowest BCUT2D eigenvalue weighted by molar-refractivity contribution is -0.123. The highest BCUT2D eigenvalue weighted by atomic mass is 32.2. The van der Waals surface area contributed by atoms with Crippen LogP contribution in [0.2, 0.25) is 0 Å². The minimum Gasteiger partial charge on any atom is -0.352 e. The van der Waals surface area contributed by atoms with Gasteiger partial charge < -0.3 is 11.1 Å². The number of hydrogen-bond donors (Lipinski definition) is 2. The van der Waals surface area contributed by atoms with Crippen molar-refractivity contribution in [2.75, 3.05) is 12.0 Å². The van der Waals surface area contributed by atoms with Gasteiger partial charge in [0, 0.05) is 12.3 Å². The van der Waals surface area contributed by atoms with Gasteiger partial charge in [-0.3, -0.25) is 4.79 Å². The van der Waals surface area contributed by atoms with E-state index in [0.29, 0.717) is 5.92 Å². The molecular formula is C13H26N2O3S. The molecular weight excluding hydrogens is 264 g/mol. The van der Waals surface area contributed by atoms with Crippen LogP contribution in [0, 0.1) is 5.92 Å². The molecule has 1 aliphatic rings. The molecule has 6 heteroatoms. The van der Waals surface area contributed by atoms with Crippen LogP contribution in [0.3, 0.4) is 0 Å². The van der Waals surface area contributed by atoms with E-state index in [4.69, 9.17) is 5.73 Å².